The zero-order valence-corrected chi connectivity index (χ0v) is 12.5. The molecule has 2 rings (SSSR count). The summed E-state index contributed by atoms with van der Waals surface area (Å²) in [7, 11) is 1.78. The van der Waals surface area contributed by atoms with Crippen LogP contribution in [-0.2, 0) is 6.42 Å². The summed E-state index contributed by atoms with van der Waals surface area (Å²) in [6.07, 6.45) is 3.64. The standard InChI is InChI=1S/C15H19ClN4/c1-11(8-9-12-6-4-3-5-7-12)19-14-13(16)10-18-15(17-2)20-14/h3-7,10-11H,8-9H2,1-2H3,(H2,17,18,19,20). The average Bonchev–Trinajstić information content (AvgIpc) is 2.48. The van der Waals surface area contributed by atoms with Crippen LogP contribution in [0.5, 0.6) is 0 Å². The molecule has 0 fully saturated rings. The Bertz CT molecular complexity index is 545. The quantitative estimate of drug-likeness (QED) is 0.853. The van der Waals surface area contributed by atoms with Crippen LogP contribution in [0.2, 0.25) is 5.02 Å². The zero-order chi connectivity index (χ0) is 14.4. The molecule has 0 radical (unpaired) electrons. The normalized spacial score (nSPS) is 11.9. The van der Waals surface area contributed by atoms with Crippen molar-refractivity contribution in [3.63, 3.8) is 0 Å². The molecule has 0 spiro atoms. The molecule has 0 aliphatic heterocycles. The third-order valence-electron chi connectivity index (χ3n) is 3.06. The van der Waals surface area contributed by atoms with Gasteiger partial charge in [-0.1, -0.05) is 41.9 Å². The highest BCUT2D eigenvalue weighted by atomic mass is 35.5. The van der Waals surface area contributed by atoms with Gasteiger partial charge in [0.2, 0.25) is 5.95 Å². The molecule has 1 unspecified atom stereocenters. The molecule has 1 atom stereocenters. The Morgan fingerprint density at radius 2 is 2.00 bits per heavy atom. The fourth-order valence-electron chi connectivity index (χ4n) is 1.92. The van der Waals surface area contributed by atoms with Crippen LogP contribution in [0.15, 0.2) is 36.5 Å². The molecule has 1 heterocycles. The van der Waals surface area contributed by atoms with E-state index in [1.165, 1.54) is 5.56 Å². The van der Waals surface area contributed by atoms with Gasteiger partial charge in [0.05, 0.1) is 6.20 Å². The highest BCUT2D eigenvalue weighted by molar-refractivity contribution is 6.32. The predicted octanol–water partition coefficient (Wildman–Crippen LogP) is 3.60. The minimum absolute atomic E-state index is 0.285. The van der Waals surface area contributed by atoms with E-state index in [-0.39, 0.29) is 6.04 Å². The Morgan fingerprint density at radius 3 is 2.70 bits per heavy atom. The summed E-state index contributed by atoms with van der Waals surface area (Å²) in [5, 5.41) is 6.77. The van der Waals surface area contributed by atoms with Crippen molar-refractivity contribution in [1.82, 2.24) is 9.97 Å². The molecule has 0 saturated heterocycles. The molecule has 0 saturated carbocycles. The summed E-state index contributed by atoms with van der Waals surface area (Å²) in [5.41, 5.74) is 1.34. The lowest BCUT2D eigenvalue weighted by Gasteiger charge is -2.15. The van der Waals surface area contributed by atoms with E-state index < -0.39 is 0 Å². The van der Waals surface area contributed by atoms with Crippen LogP contribution in [0, 0.1) is 0 Å². The molecule has 0 amide bonds. The summed E-state index contributed by atoms with van der Waals surface area (Å²) in [6.45, 7) is 2.13. The number of nitrogens with zero attached hydrogens (tertiary/aromatic N) is 2. The van der Waals surface area contributed by atoms with Gasteiger partial charge in [0.15, 0.2) is 5.82 Å². The summed E-state index contributed by atoms with van der Waals surface area (Å²) in [4.78, 5) is 8.38. The van der Waals surface area contributed by atoms with E-state index in [0.717, 1.165) is 12.8 Å². The Kier molecular flexibility index (Phi) is 5.18. The second-order valence-corrected chi connectivity index (χ2v) is 5.12. The number of nitrogens with one attached hydrogen (secondary N) is 2. The van der Waals surface area contributed by atoms with Crippen LogP contribution in [0.3, 0.4) is 0 Å². The van der Waals surface area contributed by atoms with Crippen LogP contribution in [-0.4, -0.2) is 23.1 Å². The van der Waals surface area contributed by atoms with Crippen molar-refractivity contribution in [2.75, 3.05) is 17.7 Å². The summed E-state index contributed by atoms with van der Waals surface area (Å²) < 4.78 is 0. The molecule has 1 aromatic heterocycles. The van der Waals surface area contributed by atoms with Crippen molar-refractivity contribution < 1.29 is 0 Å². The van der Waals surface area contributed by atoms with Crippen LogP contribution in [0.1, 0.15) is 18.9 Å². The third kappa shape index (κ3) is 4.10. The fourth-order valence-corrected chi connectivity index (χ4v) is 2.07. The molecule has 0 aliphatic rings. The first-order valence-electron chi connectivity index (χ1n) is 6.70. The van der Waals surface area contributed by atoms with Gasteiger partial charge in [0.25, 0.3) is 0 Å². The lowest BCUT2D eigenvalue weighted by molar-refractivity contribution is 0.703. The van der Waals surface area contributed by atoms with E-state index in [1.54, 1.807) is 13.2 Å². The van der Waals surface area contributed by atoms with Crippen molar-refractivity contribution in [1.29, 1.82) is 0 Å². The number of halogens is 1. The molecule has 4 nitrogen and oxygen atoms in total. The summed E-state index contributed by atoms with van der Waals surface area (Å²) in [6, 6.07) is 10.7. The van der Waals surface area contributed by atoms with Crippen LogP contribution in [0.25, 0.3) is 0 Å². The van der Waals surface area contributed by atoms with Crippen molar-refractivity contribution in [2.45, 2.75) is 25.8 Å². The monoisotopic (exact) mass is 290 g/mol. The maximum atomic E-state index is 6.10. The molecule has 20 heavy (non-hydrogen) atoms. The number of aryl methyl sites for hydroxylation is 1. The highest BCUT2D eigenvalue weighted by Gasteiger charge is 2.08. The van der Waals surface area contributed by atoms with E-state index in [1.807, 2.05) is 6.07 Å². The maximum absolute atomic E-state index is 6.10. The highest BCUT2D eigenvalue weighted by Crippen LogP contribution is 2.20. The molecule has 0 bridgehead atoms. The first kappa shape index (κ1) is 14.6. The zero-order valence-electron chi connectivity index (χ0n) is 11.7. The number of benzene rings is 1. The van der Waals surface area contributed by atoms with E-state index in [0.29, 0.717) is 16.8 Å². The largest absolute Gasteiger partial charge is 0.366 e. The van der Waals surface area contributed by atoms with E-state index in [2.05, 4.69) is 51.8 Å². The van der Waals surface area contributed by atoms with Gasteiger partial charge in [-0.05, 0) is 25.3 Å². The third-order valence-corrected chi connectivity index (χ3v) is 3.34. The van der Waals surface area contributed by atoms with Crippen molar-refractivity contribution in [3.8, 4) is 0 Å². The molecular formula is C15H19ClN4. The molecule has 106 valence electrons. The molecule has 5 heteroatoms. The number of aromatic nitrogens is 2. The Balaban J connectivity index is 1.92. The molecule has 0 aliphatic carbocycles. The molecular weight excluding hydrogens is 272 g/mol. The van der Waals surface area contributed by atoms with Crippen molar-refractivity contribution in [3.05, 3.63) is 47.1 Å². The Hall–Kier alpha value is -1.81. The van der Waals surface area contributed by atoms with Crippen molar-refractivity contribution in [2.24, 2.45) is 0 Å². The number of rotatable bonds is 6. The fraction of sp³-hybridized carbons (Fsp3) is 0.333. The minimum Gasteiger partial charge on any atom is -0.366 e. The topological polar surface area (TPSA) is 49.8 Å². The average molecular weight is 291 g/mol. The van der Waals surface area contributed by atoms with E-state index in [9.17, 15) is 0 Å². The smallest absolute Gasteiger partial charge is 0.224 e. The number of hydrogen-bond donors (Lipinski definition) is 2. The van der Waals surface area contributed by atoms with Crippen LogP contribution < -0.4 is 10.6 Å². The maximum Gasteiger partial charge on any atom is 0.224 e. The van der Waals surface area contributed by atoms with Gasteiger partial charge < -0.3 is 10.6 Å². The first-order chi connectivity index (χ1) is 9.69. The second-order valence-electron chi connectivity index (χ2n) is 4.71. The lowest BCUT2D eigenvalue weighted by Crippen LogP contribution is -2.17. The van der Waals surface area contributed by atoms with E-state index >= 15 is 0 Å². The predicted molar refractivity (Wildman–Crippen MR) is 84.4 cm³/mol. The van der Waals surface area contributed by atoms with Gasteiger partial charge in [-0.2, -0.15) is 4.98 Å². The molecule has 2 aromatic rings. The SMILES string of the molecule is CNc1ncc(Cl)c(NC(C)CCc2ccccc2)n1. The molecule has 2 N–H and O–H groups in total. The van der Waals surface area contributed by atoms with Crippen LogP contribution >= 0.6 is 11.6 Å². The van der Waals surface area contributed by atoms with Gasteiger partial charge in [0.1, 0.15) is 5.02 Å². The van der Waals surface area contributed by atoms with Crippen molar-refractivity contribution >= 4 is 23.4 Å². The van der Waals surface area contributed by atoms with Gasteiger partial charge in [-0.15, -0.1) is 0 Å². The van der Waals surface area contributed by atoms with Gasteiger partial charge in [0, 0.05) is 13.1 Å². The van der Waals surface area contributed by atoms with Crippen LogP contribution in [0.4, 0.5) is 11.8 Å². The summed E-state index contributed by atoms with van der Waals surface area (Å²) in [5.74, 6) is 1.23. The first-order valence-corrected chi connectivity index (χ1v) is 7.07. The van der Waals surface area contributed by atoms with E-state index in [4.69, 9.17) is 11.6 Å². The van der Waals surface area contributed by atoms with Gasteiger partial charge in [-0.25, -0.2) is 4.98 Å². The van der Waals surface area contributed by atoms with Gasteiger partial charge in [-0.3, -0.25) is 0 Å². The Morgan fingerprint density at radius 1 is 1.25 bits per heavy atom. The minimum atomic E-state index is 0.285. The number of hydrogen-bond acceptors (Lipinski definition) is 4. The Labute approximate surface area is 124 Å². The number of anilines is 2. The summed E-state index contributed by atoms with van der Waals surface area (Å²) >= 11 is 6.10. The lowest BCUT2D eigenvalue weighted by atomic mass is 10.1. The second kappa shape index (κ2) is 7.10. The molecule has 1 aromatic carbocycles. The van der Waals surface area contributed by atoms with Gasteiger partial charge >= 0.3 is 0 Å².